The lowest BCUT2D eigenvalue weighted by Gasteiger charge is -2.24. The number of H-pyrrole nitrogens is 2. The molecule has 3 nitrogen and oxygen atoms in total. The number of anilines is 1. The van der Waals surface area contributed by atoms with Crippen molar-refractivity contribution in [1.82, 2.24) is 9.97 Å². The summed E-state index contributed by atoms with van der Waals surface area (Å²) in [6, 6.07) is 48.2. The fourth-order valence-corrected chi connectivity index (χ4v) is 6.54. The molecule has 42 heavy (non-hydrogen) atoms. The van der Waals surface area contributed by atoms with E-state index in [4.69, 9.17) is 0 Å². The molecule has 2 heterocycles. The van der Waals surface area contributed by atoms with Gasteiger partial charge in [0.05, 0.1) is 11.4 Å². The van der Waals surface area contributed by atoms with E-state index in [1.807, 2.05) is 0 Å². The number of para-hydroxylation sites is 2. The van der Waals surface area contributed by atoms with Crippen LogP contribution in [-0.2, 0) is 0 Å². The number of rotatable bonds is 8. The molecule has 2 N–H and O–H groups in total. The van der Waals surface area contributed by atoms with Crippen molar-refractivity contribution in [2.45, 2.75) is 19.8 Å². The van der Waals surface area contributed by atoms with Gasteiger partial charge >= 0.3 is 0 Å². The average molecular weight is 546 g/mol. The molecule has 0 saturated carbocycles. The Morgan fingerprint density at radius 2 is 0.929 bits per heavy atom. The van der Waals surface area contributed by atoms with Crippen LogP contribution in [0, 0.1) is 0 Å². The number of benzene rings is 5. The van der Waals surface area contributed by atoms with Crippen molar-refractivity contribution in [3.05, 3.63) is 150 Å². The third-order valence-corrected chi connectivity index (χ3v) is 8.55. The van der Waals surface area contributed by atoms with E-state index >= 15 is 0 Å². The zero-order valence-electron chi connectivity index (χ0n) is 24.1. The maximum atomic E-state index is 3.83. The summed E-state index contributed by atoms with van der Waals surface area (Å²) in [5.41, 5.74) is 12.1. The molecule has 7 rings (SSSR count). The monoisotopic (exact) mass is 545 g/mol. The molecule has 0 aliphatic heterocycles. The maximum Gasteiger partial charge on any atom is 0.0507 e. The fraction of sp³-hybridized carbons (Fsp3) is 0.128. The highest BCUT2D eigenvalue weighted by Gasteiger charge is 2.30. The Labute approximate surface area is 247 Å². The molecule has 5 aromatic carbocycles. The lowest BCUT2D eigenvalue weighted by atomic mass is 9.80. The van der Waals surface area contributed by atoms with Crippen LogP contribution in [0.3, 0.4) is 0 Å². The molecule has 0 radical (unpaired) electrons. The van der Waals surface area contributed by atoms with E-state index in [0.29, 0.717) is 0 Å². The van der Waals surface area contributed by atoms with Gasteiger partial charge in [-0.3, -0.25) is 0 Å². The summed E-state index contributed by atoms with van der Waals surface area (Å²) in [7, 11) is 0. The second-order valence-corrected chi connectivity index (χ2v) is 10.8. The predicted molar refractivity (Wildman–Crippen MR) is 178 cm³/mol. The van der Waals surface area contributed by atoms with Gasteiger partial charge in [-0.2, -0.15) is 0 Å². The molecule has 0 aliphatic rings. The number of aromatic amines is 2. The molecule has 3 heteroatoms. The molecule has 0 aliphatic carbocycles. The van der Waals surface area contributed by atoms with Gasteiger partial charge in [-0.15, -0.1) is 0 Å². The zero-order valence-corrected chi connectivity index (χ0v) is 24.1. The number of hydrogen-bond donors (Lipinski definition) is 2. The summed E-state index contributed by atoms with van der Waals surface area (Å²) in [6.07, 6.45) is 0. The Balaban J connectivity index is 1.57. The van der Waals surface area contributed by atoms with Gasteiger partial charge in [0.1, 0.15) is 0 Å². The van der Waals surface area contributed by atoms with E-state index in [1.165, 1.54) is 55.7 Å². The highest BCUT2D eigenvalue weighted by Crippen LogP contribution is 2.47. The molecular formula is C39H35N3. The lowest BCUT2D eigenvalue weighted by Crippen LogP contribution is -2.21. The molecule has 0 amide bonds. The van der Waals surface area contributed by atoms with Crippen LogP contribution in [0.2, 0.25) is 0 Å². The average Bonchev–Trinajstić information content (AvgIpc) is 3.63. The molecule has 7 aromatic rings. The van der Waals surface area contributed by atoms with Crippen molar-refractivity contribution in [3.63, 3.8) is 0 Å². The smallest absolute Gasteiger partial charge is 0.0507 e. The summed E-state index contributed by atoms with van der Waals surface area (Å²) in [6.45, 7) is 6.41. The zero-order chi connectivity index (χ0) is 28.5. The first-order valence-corrected chi connectivity index (χ1v) is 14.9. The molecule has 0 unspecified atom stereocenters. The second-order valence-electron chi connectivity index (χ2n) is 10.8. The molecule has 0 bridgehead atoms. The topological polar surface area (TPSA) is 34.8 Å². The molecule has 206 valence electrons. The van der Waals surface area contributed by atoms with Gasteiger partial charge in [0.15, 0.2) is 0 Å². The SMILES string of the molecule is CCN(CC)c1ccc(C(c2c(-c3ccccc3)[nH]c3ccccc23)c2c(-c3ccccc3)[nH]c3ccccc23)cc1. The highest BCUT2D eigenvalue weighted by atomic mass is 15.1. The van der Waals surface area contributed by atoms with Gasteiger partial charge in [0.2, 0.25) is 0 Å². The Morgan fingerprint density at radius 3 is 1.38 bits per heavy atom. The first-order chi connectivity index (χ1) is 20.8. The van der Waals surface area contributed by atoms with Crippen LogP contribution in [0.15, 0.2) is 133 Å². The quantitative estimate of drug-likeness (QED) is 0.196. The van der Waals surface area contributed by atoms with Crippen LogP contribution in [0.5, 0.6) is 0 Å². The third kappa shape index (κ3) is 4.48. The van der Waals surface area contributed by atoms with E-state index in [9.17, 15) is 0 Å². The minimum absolute atomic E-state index is 0.0199. The van der Waals surface area contributed by atoms with Crippen LogP contribution in [0.4, 0.5) is 5.69 Å². The summed E-state index contributed by atoms with van der Waals surface area (Å²) in [4.78, 5) is 10.1. The number of fused-ring (bicyclic) bond motifs is 2. The minimum Gasteiger partial charge on any atom is -0.372 e. The molecule has 0 fully saturated rings. The fourth-order valence-electron chi connectivity index (χ4n) is 6.54. The van der Waals surface area contributed by atoms with Crippen LogP contribution < -0.4 is 4.90 Å². The molecule has 0 atom stereocenters. The second kappa shape index (κ2) is 11.1. The summed E-state index contributed by atoms with van der Waals surface area (Å²) in [5.74, 6) is -0.0199. The van der Waals surface area contributed by atoms with E-state index in [0.717, 1.165) is 24.1 Å². The van der Waals surface area contributed by atoms with Crippen molar-refractivity contribution < 1.29 is 0 Å². The Kier molecular flexibility index (Phi) is 6.85. The van der Waals surface area contributed by atoms with E-state index in [2.05, 4.69) is 162 Å². The molecule has 0 spiro atoms. The lowest BCUT2D eigenvalue weighted by molar-refractivity contribution is 0.865. The largest absolute Gasteiger partial charge is 0.372 e. The Hall–Kier alpha value is -5.02. The van der Waals surface area contributed by atoms with Gasteiger partial charge in [0.25, 0.3) is 0 Å². The summed E-state index contributed by atoms with van der Waals surface area (Å²) < 4.78 is 0. The first kappa shape index (κ1) is 25.9. The van der Waals surface area contributed by atoms with Gasteiger partial charge in [-0.25, -0.2) is 0 Å². The number of nitrogens with one attached hydrogen (secondary N) is 2. The van der Waals surface area contributed by atoms with Crippen LogP contribution in [0.1, 0.15) is 36.5 Å². The molecule has 2 aromatic heterocycles. The van der Waals surface area contributed by atoms with Gasteiger partial charge in [-0.05, 0) is 65.9 Å². The van der Waals surface area contributed by atoms with Gasteiger partial charge in [0, 0.05) is 46.5 Å². The summed E-state index contributed by atoms with van der Waals surface area (Å²) >= 11 is 0. The third-order valence-electron chi connectivity index (χ3n) is 8.55. The van der Waals surface area contributed by atoms with E-state index in [1.54, 1.807) is 0 Å². The van der Waals surface area contributed by atoms with E-state index < -0.39 is 0 Å². The van der Waals surface area contributed by atoms with Gasteiger partial charge in [-0.1, -0.05) is 109 Å². The number of aromatic nitrogens is 2. The van der Waals surface area contributed by atoms with Crippen molar-refractivity contribution in [1.29, 1.82) is 0 Å². The first-order valence-electron chi connectivity index (χ1n) is 14.9. The van der Waals surface area contributed by atoms with Crippen molar-refractivity contribution >= 4 is 27.5 Å². The standard InChI is InChI=1S/C39H35N3/c1-3-42(4-2)30-25-23-27(24-26-30)35(36-31-19-11-13-21-33(31)40-38(36)28-15-7-5-8-16-28)37-32-20-12-14-22-34(32)41-39(37)29-17-9-6-10-18-29/h5-26,35,40-41H,3-4H2,1-2H3. The normalized spacial score (nSPS) is 11.5. The van der Waals surface area contributed by atoms with E-state index in [-0.39, 0.29) is 5.92 Å². The molecule has 0 saturated heterocycles. The molecular weight excluding hydrogens is 510 g/mol. The van der Waals surface area contributed by atoms with Crippen LogP contribution in [0.25, 0.3) is 44.3 Å². The van der Waals surface area contributed by atoms with Gasteiger partial charge < -0.3 is 14.9 Å². The Morgan fingerprint density at radius 1 is 0.500 bits per heavy atom. The highest BCUT2D eigenvalue weighted by molar-refractivity contribution is 5.97. The van der Waals surface area contributed by atoms with Crippen LogP contribution >= 0.6 is 0 Å². The Bertz CT molecular complexity index is 1830. The predicted octanol–water partition coefficient (Wildman–Crippen LogP) is 10.0. The minimum atomic E-state index is -0.0199. The maximum absolute atomic E-state index is 3.83. The number of nitrogens with zero attached hydrogens (tertiary/aromatic N) is 1. The number of hydrogen-bond acceptors (Lipinski definition) is 1. The summed E-state index contributed by atoms with van der Waals surface area (Å²) in [5, 5.41) is 2.50. The van der Waals surface area contributed by atoms with Crippen molar-refractivity contribution in [2.24, 2.45) is 0 Å². The van der Waals surface area contributed by atoms with Crippen molar-refractivity contribution in [2.75, 3.05) is 18.0 Å². The van der Waals surface area contributed by atoms with Crippen molar-refractivity contribution in [3.8, 4) is 22.5 Å². The van der Waals surface area contributed by atoms with Crippen LogP contribution in [-0.4, -0.2) is 23.1 Å².